The monoisotopic (exact) mass is 369 g/mol. The fraction of sp³-hybridized carbons (Fsp3) is 0.696. The maximum atomic E-state index is 12.3. The highest BCUT2D eigenvalue weighted by Gasteiger charge is 2.35. The lowest BCUT2D eigenvalue weighted by molar-refractivity contribution is -0.134. The summed E-state index contributed by atoms with van der Waals surface area (Å²) in [5.74, 6) is 1.44. The molecule has 27 heavy (non-hydrogen) atoms. The van der Waals surface area contributed by atoms with E-state index in [9.17, 15) is 4.79 Å². The third-order valence-corrected chi connectivity index (χ3v) is 6.86. The first-order chi connectivity index (χ1) is 13.1. The number of benzene rings is 1. The van der Waals surface area contributed by atoms with E-state index in [1.165, 1.54) is 42.5 Å². The summed E-state index contributed by atoms with van der Waals surface area (Å²) in [5.41, 5.74) is 4.22. The maximum Gasteiger partial charge on any atom is 0.225 e. The number of nitrogens with zero attached hydrogens (tertiary/aromatic N) is 2. The summed E-state index contributed by atoms with van der Waals surface area (Å²) in [5, 5.41) is 3.83. The molecule has 4 nitrogen and oxygen atoms in total. The Balaban J connectivity index is 1.22. The summed E-state index contributed by atoms with van der Waals surface area (Å²) in [7, 11) is 0. The Morgan fingerprint density at radius 1 is 1.07 bits per heavy atom. The normalized spacial score (nSPS) is 24.3. The van der Waals surface area contributed by atoms with Gasteiger partial charge >= 0.3 is 0 Å². The van der Waals surface area contributed by atoms with E-state index in [1.54, 1.807) is 0 Å². The van der Waals surface area contributed by atoms with Crippen LogP contribution in [0.3, 0.4) is 0 Å². The summed E-state index contributed by atoms with van der Waals surface area (Å²) in [6, 6.07) is 7.28. The fourth-order valence-corrected chi connectivity index (χ4v) is 4.76. The van der Waals surface area contributed by atoms with E-state index in [2.05, 4.69) is 47.2 Å². The molecule has 1 amide bonds. The quantitative estimate of drug-likeness (QED) is 0.863. The van der Waals surface area contributed by atoms with Crippen LogP contribution in [-0.4, -0.2) is 49.6 Å². The molecule has 1 atom stereocenters. The first-order valence-corrected chi connectivity index (χ1v) is 10.9. The number of amides is 1. The van der Waals surface area contributed by atoms with E-state index in [1.807, 2.05) is 0 Å². The second kappa shape index (κ2) is 8.22. The van der Waals surface area contributed by atoms with E-state index in [4.69, 9.17) is 0 Å². The Labute approximate surface area is 164 Å². The van der Waals surface area contributed by atoms with Gasteiger partial charge in [-0.15, -0.1) is 0 Å². The van der Waals surface area contributed by atoms with Gasteiger partial charge in [-0.2, -0.15) is 0 Å². The van der Waals surface area contributed by atoms with Crippen molar-refractivity contribution in [1.29, 1.82) is 0 Å². The Kier molecular flexibility index (Phi) is 5.72. The number of nitrogens with one attached hydrogen (secondary N) is 1. The van der Waals surface area contributed by atoms with Crippen LogP contribution in [0.5, 0.6) is 0 Å². The molecule has 148 valence electrons. The van der Waals surface area contributed by atoms with Crippen molar-refractivity contribution in [3.63, 3.8) is 0 Å². The number of piperidine rings is 2. The largest absolute Gasteiger partial charge is 0.371 e. The van der Waals surface area contributed by atoms with Crippen LogP contribution in [-0.2, 0) is 4.79 Å². The van der Waals surface area contributed by atoms with Crippen LogP contribution < -0.4 is 10.2 Å². The highest BCUT2D eigenvalue weighted by atomic mass is 16.2. The van der Waals surface area contributed by atoms with Crippen LogP contribution in [0.2, 0.25) is 0 Å². The minimum atomic E-state index is 0.367. The molecule has 4 rings (SSSR count). The van der Waals surface area contributed by atoms with Gasteiger partial charge in [0.1, 0.15) is 0 Å². The van der Waals surface area contributed by atoms with Gasteiger partial charge in [0.2, 0.25) is 5.91 Å². The molecule has 1 aromatic rings. The van der Waals surface area contributed by atoms with Crippen molar-refractivity contribution in [2.75, 3.05) is 37.6 Å². The molecule has 1 N–H and O–H groups in total. The van der Waals surface area contributed by atoms with Gasteiger partial charge in [-0.3, -0.25) is 4.79 Å². The smallest absolute Gasteiger partial charge is 0.225 e. The number of anilines is 1. The average Bonchev–Trinajstić information content (AvgIpc) is 3.54. The van der Waals surface area contributed by atoms with Gasteiger partial charge in [0.15, 0.2) is 0 Å². The first-order valence-electron chi connectivity index (χ1n) is 10.9. The highest BCUT2D eigenvalue weighted by Crippen LogP contribution is 2.32. The lowest BCUT2D eigenvalue weighted by atomic mass is 9.96. The Morgan fingerprint density at radius 3 is 2.59 bits per heavy atom. The van der Waals surface area contributed by atoms with E-state index >= 15 is 0 Å². The van der Waals surface area contributed by atoms with Crippen LogP contribution in [0, 0.1) is 25.7 Å². The van der Waals surface area contributed by atoms with Crippen molar-refractivity contribution in [1.82, 2.24) is 10.2 Å². The standard InChI is InChI=1S/C23H35N3O/c1-17-5-3-7-22(18(17)2)25-13-10-21(11-14-25)24-15-19-6-4-12-26(16-19)23(27)20-8-9-20/h3,5,7,19-21,24H,4,6,8-16H2,1-2H3/t19-/m1/s1. The van der Waals surface area contributed by atoms with E-state index in [-0.39, 0.29) is 0 Å². The number of rotatable bonds is 5. The lowest BCUT2D eigenvalue weighted by Crippen LogP contribution is -2.47. The minimum Gasteiger partial charge on any atom is -0.371 e. The van der Waals surface area contributed by atoms with Gasteiger partial charge in [0.25, 0.3) is 0 Å². The van der Waals surface area contributed by atoms with Crippen molar-refractivity contribution < 1.29 is 4.79 Å². The van der Waals surface area contributed by atoms with Crippen molar-refractivity contribution in [2.24, 2.45) is 11.8 Å². The molecule has 4 heteroatoms. The second-order valence-electron chi connectivity index (χ2n) is 8.96. The molecule has 1 saturated carbocycles. The topological polar surface area (TPSA) is 35.6 Å². The van der Waals surface area contributed by atoms with Crippen molar-refractivity contribution in [3.8, 4) is 0 Å². The highest BCUT2D eigenvalue weighted by molar-refractivity contribution is 5.81. The third-order valence-electron chi connectivity index (χ3n) is 6.86. The molecule has 2 saturated heterocycles. The Hall–Kier alpha value is -1.55. The molecule has 0 spiro atoms. The Bertz CT molecular complexity index is 662. The fourth-order valence-electron chi connectivity index (χ4n) is 4.76. The van der Waals surface area contributed by atoms with Crippen LogP contribution in [0.1, 0.15) is 49.7 Å². The molecule has 0 bridgehead atoms. The predicted octanol–water partition coefficient (Wildman–Crippen LogP) is 3.51. The SMILES string of the molecule is Cc1cccc(N2CCC(NC[C@H]3CCCN(C(=O)C4CC4)C3)CC2)c1C. The second-order valence-corrected chi connectivity index (χ2v) is 8.96. The lowest BCUT2D eigenvalue weighted by Gasteiger charge is -2.37. The minimum absolute atomic E-state index is 0.367. The van der Waals surface area contributed by atoms with Gasteiger partial charge in [-0.1, -0.05) is 12.1 Å². The molecule has 0 radical (unpaired) electrons. The molecule has 3 aliphatic rings. The maximum absolute atomic E-state index is 12.3. The number of hydrogen-bond donors (Lipinski definition) is 1. The van der Waals surface area contributed by atoms with Gasteiger partial charge in [-0.05, 0) is 82.0 Å². The number of carbonyl (C=O) groups excluding carboxylic acids is 1. The van der Waals surface area contributed by atoms with Crippen LogP contribution in [0.4, 0.5) is 5.69 Å². The molecule has 2 aliphatic heterocycles. The zero-order chi connectivity index (χ0) is 18.8. The van der Waals surface area contributed by atoms with Crippen LogP contribution in [0.25, 0.3) is 0 Å². The Morgan fingerprint density at radius 2 is 1.85 bits per heavy atom. The van der Waals surface area contributed by atoms with E-state index < -0.39 is 0 Å². The predicted molar refractivity (Wildman–Crippen MR) is 111 cm³/mol. The van der Waals surface area contributed by atoms with Crippen LogP contribution in [0.15, 0.2) is 18.2 Å². The third kappa shape index (κ3) is 4.48. The van der Waals surface area contributed by atoms with Crippen molar-refractivity contribution >= 4 is 11.6 Å². The van der Waals surface area contributed by atoms with E-state index in [0.29, 0.717) is 23.8 Å². The molecular formula is C23H35N3O. The number of aryl methyl sites for hydroxylation is 1. The van der Waals surface area contributed by atoms with Crippen LogP contribution >= 0.6 is 0 Å². The number of likely N-dealkylation sites (tertiary alicyclic amines) is 1. The van der Waals surface area contributed by atoms with Gasteiger partial charge in [0, 0.05) is 43.8 Å². The number of carbonyl (C=O) groups is 1. The average molecular weight is 370 g/mol. The van der Waals surface area contributed by atoms with Gasteiger partial charge in [0.05, 0.1) is 0 Å². The summed E-state index contributed by atoms with van der Waals surface area (Å²) in [4.78, 5) is 17.0. The number of hydrogen-bond acceptors (Lipinski definition) is 3. The molecule has 2 heterocycles. The van der Waals surface area contributed by atoms with Gasteiger partial charge in [-0.25, -0.2) is 0 Å². The first kappa shape index (κ1) is 18.8. The summed E-state index contributed by atoms with van der Waals surface area (Å²) >= 11 is 0. The van der Waals surface area contributed by atoms with Gasteiger partial charge < -0.3 is 15.1 Å². The summed E-state index contributed by atoms with van der Waals surface area (Å²) in [6.07, 6.45) is 7.11. The molecule has 0 aromatic heterocycles. The summed E-state index contributed by atoms with van der Waals surface area (Å²) in [6.45, 7) is 9.76. The molecular weight excluding hydrogens is 334 g/mol. The molecule has 1 aliphatic carbocycles. The summed E-state index contributed by atoms with van der Waals surface area (Å²) < 4.78 is 0. The zero-order valence-corrected chi connectivity index (χ0v) is 17.0. The molecule has 3 fully saturated rings. The van der Waals surface area contributed by atoms with Crippen molar-refractivity contribution in [2.45, 2.75) is 58.4 Å². The zero-order valence-electron chi connectivity index (χ0n) is 17.0. The molecule has 0 unspecified atom stereocenters. The molecule has 1 aromatic carbocycles. The van der Waals surface area contributed by atoms with Crippen molar-refractivity contribution in [3.05, 3.63) is 29.3 Å². The van der Waals surface area contributed by atoms with E-state index in [0.717, 1.165) is 45.6 Å².